The van der Waals surface area contributed by atoms with Crippen molar-refractivity contribution < 1.29 is 0 Å². The van der Waals surface area contributed by atoms with Gasteiger partial charge in [-0.3, -0.25) is 0 Å². The zero-order valence-electron chi connectivity index (χ0n) is 9.97. The molecule has 1 aliphatic carbocycles. The van der Waals surface area contributed by atoms with Crippen LogP contribution in [0.2, 0.25) is 0 Å². The van der Waals surface area contributed by atoms with Crippen LogP contribution >= 0.6 is 0 Å². The topological polar surface area (TPSA) is 24.1 Å². The van der Waals surface area contributed by atoms with E-state index in [0.29, 0.717) is 0 Å². The maximum atomic E-state index is 3.61. The van der Waals surface area contributed by atoms with Crippen molar-refractivity contribution >= 4 is 0 Å². The molecule has 0 saturated heterocycles. The zero-order valence-corrected chi connectivity index (χ0v) is 9.97. The van der Waals surface area contributed by atoms with Gasteiger partial charge in [0.2, 0.25) is 0 Å². The summed E-state index contributed by atoms with van der Waals surface area (Å²) >= 11 is 0. The summed E-state index contributed by atoms with van der Waals surface area (Å²) in [6, 6.07) is 0. The molecule has 2 heteroatoms. The van der Waals surface area contributed by atoms with Crippen LogP contribution in [0, 0.1) is 17.8 Å². The fraction of sp³-hybridized carbons (Fsp3) is 1.00. The molecule has 1 fully saturated rings. The highest BCUT2D eigenvalue weighted by Gasteiger charge is 2.18. The van der Waals surface area contributed by atoms with Gasteiger partial charge < -0.3 is 10.6 Å². The van der Waals surface area contributed by atoms with E-state index in [2.05, 4.69) is 24.5 Å². The lowest BCUT2D eigenvalue weighted by atomic mass is 9.85. The summed E-state index contributed by atoms with van der Waals surface area (Å²) in [5.74, 6) is 2.54. The van der Waals surface area contributed by atoms with Crippen molar-refractivity contribution in [2.45, 2.75) is 33.1 Å². The molecule has 0 aromatic heterocycles. The molecular weight excluding hydrogens is 172 g/mol. The van der Waals surface area contributed by atoms with E-state index in [1.54, 1.807) is 0 Å². The first-order valence-electron chi connectivity index (χ1n) is 6.09. The fourth-order valence-electron chi connectivity index (χ4n) is 1.98. The van der Waals surface area contributed by atoms with Crippen molar-refractivity contribution in [3.63, 3.8) is 0 Å². The highest BCUT2D eigenvalue weighted by molar-refractivity contribution is 4.74. The maximum absolute atomic E-state index is 3.61. The van der Waals surface area contributed by atoms with Gasteiger partial charge in [-0.1, -0.05) is 20.3 Å². The van der Waals surface area contributed by atoms with E-state index < -0.39 is 0 Å². The second-order valence-electron chi connectivity index (χ2n) is 5.02. The maximum Gasteiger partial charge on any atom is -0.000581 e. The van der Waals surface area contributed by atoms with E-state index in [-0.39, 0.29) is 0 Å². The van der Waals surface area contributed by atoms with Gasteiger partial charge >= 0.3 is 0 Å². The number of rotatable bonds is 7. The molecule has 1 atom stereocenters. The Labute approximate surface area is 88.8 Å². The van der Waals surface area contributed by atoms with E-state index in [0.717, 1.165) is 24.3 Å². The lowest BCUT2D eigenvalue weighted by Crippen LogP contribution is -2.36. The van der Waals surface area contributed by atoms with E-state index in [1.165, 1.54) is 32.4 Å². The van der Waals surface area contributed by atoms with E-state index in [1.807, 2.05) is 7.05 Å². The third kappa shape index (κ3) is 3.97. The Hall–Kier alpha value is -0.0800. The normalized spacial score (nSPS) is 19.7. The van der Waals surface area contributed by atoms with Gasteiger partial charge in [0.1, 0.15) is 0 Å². The number of nitrogens with one attached hydrogen (secondary N) is 2. The second kappa shape index (κ2) is 6.41. The Morgan fingerprint density at radius 1 is 1.21 bits per heavy atom. The molecule has 2 nitrogen and oxygen atoms in total. The molecule has 0 bridgehead atoms. The highest BCUT2D eigenvalue weighted by Crippen LogP contribution is 2.25. The molecule has 14 heavy (non-hydrogen) atoms. The minimum Gasteiger partial charge on any atom is -0.319 e. The van der Waals surface area contributed by atoms with Crippen molar-refractivity contribution in [3.8, 4) is 0 Å². The van der Waals surface area contributed by atoms with Crippen molar-refractivity contribution in [2.75, 3.05) is 26.7 Å². The molecule has 1 rings (SSSR count). The zero-order chi connectivity index (χ0) is 10.4. The Morgan fingerprint density at radius 2 is 1.93 bits per heavy atom. The first-order valence-corrected chi connectivity index (χ1v) is 6.09. The summed E-state index contributed by atoms with van der Waals surface area (Å²) in [5.41, 5.74) is 0. The van der Waals surface area contributed by atoms with Crippen molar-refractivity contribution in [1.29, 1.82) is 0 Å². The molecule has 0 amide bonds. The van der Waals surface area contributed by atoms with Crippen LogP contribution in [0.5, 0.6) is 0 Å². The Bertz CT molecular complexity index is 141. The van der Waals surface area contributed by atoms with Crippen LogP contribution in [0.25, 0.3) is 0 Å². The third-order valence-electron chi connectivity index (χ3n) is 3.47. The van der Waals surface area contributed by atoms with Gasteiger partial charge in [-0.05, 0) is 57.3 Å². The summed E-state index contributed by atoms with van der Waals surface area (Å²) in [6.07, 6.45) is 4.35. The average Bonchev–Trinajstić information content (AvgIpc) is 2.06. The largest absolute Gasteiger partial charge is 0.319 e. The van der Waals surface area contributed by atoms with E-state index in [4.69, 9.17) is 0 Å². The van der Waals surface area contributed by atoms with Gasteiger partial charge in [0.05, 0.1) is 0 Å². The van der Waals surface area contributed by atoms with Crippen LogP contribution in [0.3, 0.4) is 0 Å². The fourth-order valence-corrected chi connectivity index (χ4v) is 1.98. The molecule has 1 unspecified atom stereocenters. The van der Waals surface area contributed by atoms with Crippen LogP contribution in [-0.2, 0) is 0 Å². The molecule has 0 radical (unpaired) electrons. The summed E-state index contributed by atoms with van der Waals surface area (Å²) in [7, 11) is 2.04. The van der Waals surface area contributed by atoms with E-state index in [9.17, 15) is 0 Å². The van der Waals surface area contributed by atoms with Gasteiger partial charge in [0.15, 0.2) is 0 Å². The minimum absolute atomic E-state index is 0.774. The SMILES string of the molecule is CNCC(CNCC1CCC1)C(C)C. The van der Waals surface area contributed by atoms with Crippen LogP contribution in [0.15, 0.2) is 0 Å². The number of hydrogen-bond donors (Lipinski definition) is 2. The van der Waals surface area contributed by atoms with Crippen LogP contribution in [0.4, 0.5) is 0 Å². The van der Waals surface area contributed by atoms with Gasteiger partial charge in [0, 0.05) is 0 Å². The third-order valence-corrected chi connectivity index (χ3v) is 3.47. The molecule has 2 N–H and O–H groups in total. The monoisotopic (exact) mass is 198 g/mol. The predicted octanol–water partition coefficient (Wildman–Crippen LogP) is 1.87. The Kier molecular flexibility index (Phi) is 5.49. The first-order chi connectivity index (χ1) is 6.74. The Morgan fingerprint density at radius 3 is 2.36 bits per heavy atom. The smallest absolute Gasteiger partial charge is 0.000581 e. The van der Waals surface area contributed by atoms with Gasteiger partial charge in [-0.25, -0.2) is 0 Å². The summed E-state index contributed by atoms with van der Waals surface area (Å²) in [6.45, 7) is 8.18. The molecule has 1 saturated carbocycles. The molecular formula is C12H26N2. The molecule has 1 aliphatic rings. The van der Waals surface area contributed by atoms with Gasteiger partial charge in [-0.15, -0.1) is 0 Å². The summed E-state index contributed by atoms with van der Waals surface area (Å²) in [5, 5.41) is 6.89. The van der Waals surface area contributed by atoms with E-state index >= 15 is 0 Å². The molecule has 0 heterocycles. The number of hydrogen-bond acceptors (Lipinski definition) is 2. The molecule has 0 spiro atoms. The lowest BCUT2D eigenvalue weighted by Gasteiger charge is -2.27. The van der Waals surface area contributed by atoms with Crippen LogP contribution < -0.4 is 10.6 Å². The molecule has 0 aliphatic heterocycles. The quantitative estimate of drug-likeness (QED) is 0.652. The predicted molar refractivity (Wildman–Crippen MR) is 62.5 cm³/mol. The highest BCUT2D eigenvalue weighted by atomic mass is 14.9. The summed E-state index contributed by atoms with van der Waals surface area (Å²) < 4.78 is 0. The van der Waals surface area contributed by atoms with Crippen molar-refractivity contribution in [2.24, 2.45) is 17.8 Å². The Balaban J connectivity index is 2.05. The van der Waals surface area contributed by atoms with Crippen LogP contribution in [0.1, 0.15) is 33.1 Å². The van der Waals surface area contributed by atoms with Gasteiger partial charge in [0.25, 0.3) is 0 Å². The molecule has 84 valence electrons. The molecule has 0 aromatic rings. The first kappa shape index (κ1) is 12.0. The average molecular weight is 198 g/mol. The summed E-state index contributed by atoms with van der Waals surface area (Å²) in [4.78, 5) is 0. The second-order valence-corrected chi connectivity index (χ2v) is 5.02. The standard InChI is InChI=1S/C12H26N2/c1-10(2)12(8-13-3)9-14-7-11-5-4-6-11/h10-14H,4-9H2,1-3H3. The van der Waals surface area contributed by atoms with Crippen LogP contribution in [-0.4, -0.2) is 26.7 Å². The van der Waals surface area contributed by atoms with Crippen molar-refractivity contribution in [1.82, 2.24) is 10.6 Å². The molecule has 0 aromatic carbocycles. The van der Waals surface area contributed by atoms with Gasteiger partial charge in [-0.2, -0.15) is 0 Å². The van der Waals surface area contributed by atoms with Crippen molar-refractivity contribution in [3.05, 3.63) is 0 Å². The minimum atomic E-state index is 0.774. The lowest BCUT2D eigenvalue weighted by molar-refractivity contribution is 0.280.